The second-order valence-corrected chi connectivity index (χ2v) is 6.84. The Morgan fingerprint density at radius 1 is 0.400 bits per heavy atom. The number of rotatable bonds is 6. The van der Waals surface area contributed by atoms with E-state index in [4.69, 9.17) is 0 Å². The van der Waals surface area contributed by atoms with E-state index in [0.717, 1.165) is 28.1 Å². The Hall–Kier alpha value is -4.04. The smallest absolute Gasteiger partial charge is 0.0929 e. The molecule has 2 nitrogen and oxygen atoms in total. The summed E-state index contributed by atoms with van der Waals surface area (Å²) in [5.74, 6) is 0. The van der Waals surface area contributed by atoms with Crippen LogP contribution in [0.4, 0.5) is 11.4 Å². The van der Waals surface area contributed by atoms with E-state index < -0.39 is 0 Å². The molecule has 0 unspecified atom stereocenters. The van der Waals surface area contributed by atoms with Crippen LogP contribution in [0.1, 0.15) is 22.3 Å². The zero-order chi connectivity index (χ0) is 20.4. The molecular weight excluding hydrogens is 364 g/mol. The minimum atomic E-state index is 0.828. The molecule has 2 heteroatoms. The second-order valence-electron chi connectivity index (χ2n) is 6.84. The first kappa shape index (κ1) is 19.3. The minimum absolute atomic E-state index is 0.828. The first-order valence-corrected chi connectivity index (χ1v) is 9.94. The number of nitrogens with zero attached hydrogens (tertiary/aromatic N) is 2. The van der Waals surface area contributed by atoms with Gasteiger partial charge < -0.3 is 0 Å². The Morgan fingerprint density at radius 2 is 0.900 bits per heavy atom. The van der Waals surface area contributed by atoms with Crippen LogP contribution in [0.3, 0.4) is 0 Å². The molecule has 0 fully saturated rings. The number of azo groups is 1. The molecule has 0 spiro atoms. The van der Waals surface area contributed by atoms with Crippen molar-refractivity contribution in [3.63, 3.8) is 0 Å². The van der Waals surface area contributed by atoms with Crippen molar-refractivity contribution in [3.8, 4) is 0 Å². The average molecular weight is 386 g/mol. The van der Waals surface area contributed by atoms with Gasteiger partial charge >= 0.3 is 0 Å². The van der Waals surface area contributed by atoms with E-state index in [0.29, 0.717) is 0 Å². The lowest BCUT2D eigenvalue weighted by molar-refractivity contribution is 1.23. The molecule has 0 saturated heterocycles. The molecule has 0 radical (unpaired) electrons. The topological polar surface area (TPSA) is 24.7 Å². The molecule has 0 heterocycles. The highest BCUT2D eigenvalue weighted by molar-refractivity contribution is 5.75. The van der Waals surface area contributed by atoms with E-state index in [2.05, 4.69) is 70.9 Å². The van der Waals surface area contributed by atoms with Gasteiger partial charge in [-0.05, 0) is 34.9 Å². The molecule has 0 aliphatic heterocycles. The van der Waals surface area contributed by atoms with E-state index in [1.54, 1.807) is 0 Å². The fourth-order valence-electron chi connectivity index (χ4n) is 2.99. The third-order valence-corrected chi connectivity index (χ3v) is 4.63. The molecular formula is C28H22N2. The van der Waals surface area contributed by atoms with Gasteiger partial charge in [-0.25, -0.2) is 0 Å². The molecule has 4 aromatic carbocycles. The van der Waals surface area contributed by atoms with Crippen molar-refractivity contribution in [2.24, 2.45) is 10.2 Å². The van der Waals surface area contributed by atoms with Crippen LogP contribution in [0.25, 0.3) is 24.3 Å². The normalized spacial score (nSPS) is 11.6. The molecule has 0 saturated carbocycles. The Labute approximate surface area is 177 Å². The van der Waals surface area contributed by atoms with Crippen molar-refractivity contribution < 1.29 is 0 Å². The second kappa shape index (κ2) is 9.94. The summed E-state index contributed by atoms with van der Waals surface area (Å²) in [4.78, 5) is 0. The predicted octanol–water partition coefficient (Wildman–Crippen LogP) is 8.44. The van der Waals surface area contributed by atoms with Crippen molar-refractivity contribution in [1.29, 1.82) is 0 Å². The van der Waals surface area contributed by atoms with Crippen LogP contribution in [0.2, 0.25) is 0 Å². The maximum atomic E-state index is 4.47. The molecule has 0 aliphatic rings. The van der Waals surface area contributed by atoms with Gasteiger partial charge in [0.15, 0.2) is 0 Å². The largest absolute Gasteiger partial charge is 0.151 e. The zero-order valence-corrected chi connectivity index (χ0v) is 16.6. The van der Waals surface area contributed by atoms with Crippen LogP contribution in [0.5, 0.6) is 0 Å². The molecule has 4 aromatic rings. The molecule has 0 amide bonds. The zero-order valence-electron chi connectivity index (χ0n) is 16.6. The van der Waals surface area contributed by atoms with Crippen LogP contribution in [0.15, 0.2) is 119 Å². The molecule has 0 aliphatic carbocycles. The van der Waals surface area contributed by atoms with Crippen LogP contribution in [-0.2, 0) is 0 Å². The van der Waals surface area contributed by atoms with E-state index in [9.17, 15) is 0 Å². The molecule has 0 atom stereocenters. The minimum Gasteiger partial charge on any atom is -0.151 e. The van der Waals surface area contributed by atoms with Crippen LogP contribution < -0.4 is 0 Å². The van der Waals surface area contributed by atoms with E-state index in [1.807, 2.05) is 72.8 Å². The van der Waals surface area contributed by atoms with Gasteiger partial charge in [0.2, 0.25) is 0 Å². The molecule has 0 bridgehead atoms. The van der Waals surface area contributed by atoms with E-state index in [1.165, 1.54) is 5.56 Å². The summed E-state index contributed by atoms with van der Waals surface area (Å²) in [5.41, 5.74) is 6.17. The van der Waals surface area contributed by atoms with Gasteiger partial charge in [-0.15, -0.1) is 5.11 Å². The lowest BCUT2D eigenvalue weighted by atomic mass is 10.1. The SMILES string of the molecule is C(=Cc1ccc(/N=N/c2ccccc2C=Cc2ccccc2)cc1)c1ccccc1. The first-order valence-electron chi connectivity index (χ1n) is 9.94. The van der Waals surface area contributed by atoms with Crippen LogP contribution in [-0.4, -0.2) is 0 Å². The highest BCUT2D eigenvalue weighted by Crippen LogP contribution is 2.24. The first-order chi connectivity index (χ1) is 14.9. The molecule has 144 valence electrons. The summed E-state index contributed by atoms with van der Waals surface area (Å²) in [6.07, 6.45) is 8.36. The maximum Gasteiger partial charge on any atom is 0.0929 e. The fourth-order valence-corrected chi connectivity index (χ4v) is 2.99. The van der Waals surface area contributed by atoms with Crippen LogP contribution >= 0.6 is 0 Å². The van der Waals surface area contributed by atoms with Gasteiger partial charge in [0.05, 0.1) is 11.4 Å². The molecule has 0 aromatic heterocycles. The van der Waals surface area contributed by atoms with E-state index in [-0.39, 0.29) is 0 Å². The van der Waals surface area contributed by atoms with Crippen molar-refractivity contribution in [3.05, 3.63) is 131 Å². The fraction of sp³-hybridized carbons (Fsp3) is 0. The van der Waals surface area contributed by atoms with Gasteiger partial charge in [0.1, 0.15) is 0 Å². The number of benzene rings is 4. The van der Waals surface area contributed by atoms with Gasteiger partial charge in [0.25, 0.3) is 0 Å². The number of hydrogen-bond acceptors (Lipinski definition) is 2. The third-order valence-electron chi connectivity index (χ3n) is 4.63. The summed E-state index contributed by atoms with van der Waals surface area (Å²) < 4.78 is 0. The lowest BCUT2D eigenvalue weighted by Gasteiger charge is -2.00. The Morgan fingerprint density at radius 3 is 1.53 bits per heavy atom. The predicted molar refractivity (Wildman–Crippen MR) is 128 cm³/mol. The monoisotopic (exact) mass is 386 g/mol. The van der Waals surface area contributed by atoms with Crippen molar-refractivity contribution in [2.45, 2.75) is 0 Å². The third kappa shape index (κ3) is 5.49. The quantitative estimate of drug-likeness (QED) is 0.235. The van der Waals surface area contributed by atoms with Crippen molar-refractivity contribution >= 4 is 35.7 Å². The highest BCUT2D eigenvalue weighted by atomic mass is 15.1. The van der Waals surface area contributed by atoms with Crippen molar-refractivity contribution in [2.75, 3.05) is 0 Å². The number of hydrogen-bond donors (Lipinski definition) is 0. The summed E-state index contributed by atoms with van der Waals surface area (Å²) in [5, 5.41) is 8.89. The lowest BCUT2D eigenvalue weighted by Crippen LogP contribution is -1.75. The molecule has 0 N–H and O–H groups in total. The van der Waals surface area contributed by atoms with Crippen LogP contribution in [0, 0.1) is 0 Å². The summed E-state index contributed by atoms with van der Waals surface area (Å²) in [7, 11) is 0. The van der Waals surface area contributed by atoms with Gasteiger partial charge in [-0.3, -0.25) is 0 Å². The summed E-state index contributed by atoms with van der Waals surface area (Å²) >= 11 is 0. The Kier molecular flexibility index (Phi) is 6.39. The average Bonchev–Trinajstić information content (AvgIpc) is 2.82. The Bertz CT molecular complexity index is 1160. The summed E-state index contributed by atoms with van der Waals surface area (Å²) in [6, 6.07) is 36.6. The summed E-state index contributed by atoms with van der Waals surface area (Å²) in [6.45, 7) is 0. The van der Waals surface area contributed by atoms with Gasteiger partial charge in [0, 0.05) is 5.56 Å². The Balaban J connectivity index is 1.46. The standard InChI is InChI=1S/C28H22N2/c1-3-9-23(10-4-1)15-16-25-18-21-27(22-19-25)29-30-28-14-8-7-13-26(28)20-17-24-11-5-2-6-12-24/h1-22H/b16-15?,20-17?,30-29+. The highest BCUT2D eigenvalue weighted by Gasteiger charge is 1.98. The van der Waals surface area contributed by atoms with Crippen molar-refractivity contribution in [1.82, 2.24) is 0 Å². The maximum absolute atomic E-state index is 4.47. The molecule has 4 rings (SSSR count). The van der Waals surface area contributed by atoms with E-state index >= 15 is 0 Å². The molecule has 30 heavy (non-hydrogen) atoms. The van der Waals surface area contributed by atoms with Gasteiger partial charge in [-0.2, -0.15) is 5.11 Å². The van der Waals surface area contributed by atoms with Gasteiger partial charge in [-0.1, -0.05) is 115 Å².